The standard InChI is InChI=1S/C27H21BrClN3O5/c1-15-3-7-19(11-16(15)2)30-24(33)14-37-23-10-4-17(13-22(23)28)12-21-25(34)31-27(36)32(26(21)35)20-8-5-18(29)6-9-20/h3-13H,14H2,1-2H3,(H,30,33)(H,31,34,36)/b21-12-. The lowest BCUT2D eigenvalue weighted by molar-refractivity contribution is -0.122. The van der Waals surface area contributed by atoms with E-state index in [1.807, 2.05) is 32.0 Å². The van der Waals surface area contributed by atoms with Gasteiger partial charge in [0.05, 0.1) is 10.2 Å². The Morgan fingerprint density at radius 3 is 2.43 bits per heavy atom. The highest BCUT2D eigenvalue weighted by Gasteiger charge is 2.36. The van der Waals surface area contributed by atoms with Crippen LogP contribution in [0.5, 0.6) is 5.75 Å². The number of rotatable bonds is 6. The fraction of sp³-hybridized carbons (Fsp3) is 0.111. The van der Waals surface area contributed by atoms with E-state index in [0.717, 1.165) is 16.0 Å². The summed E-state index contributed by atoms with van der Waals surface area (Å²) in [5, 5.41) is 5.40. The van der Waals surface area contributed by atoms with Crippen LogP contribution >= 0.6 is 27.5 Å². The average Bonchev–Trinajstić information content (AvgIpc) is 2.84. The largest absolute Gasteiger partial charge is 0.483 e. The number of amides is 5. The van der Waals surface area contributed by atoms with E-state index in [1.54, 1.807) is 18.2 Å². The van der Waals surface area contributed by atoms with Gasteiger partial charge in [-0.2, -0.15) is 0 Å². The van der Waals surface area contributed by atoms with Crippen LogP contribution in [0, 0.1) is 13.8 Å². The van der Waals surface area contributed by atoms with Crippen LogP contribution in [0.15, 0.2) is 70.7 Å². The SMILES string of the molecule is Cc1ccc(NC(=O)COc2ccc(/C=C3/C(=O)NC(=O)N(c4ccc(Cl)cc4)C3=O)cc2Br)cc1C. The number of hydrogen-bond acceptors (Lipinski definition) is 5. The molecule has 3 aromatic carbocycles. The Bertz CT molecular complexity index is 1450. The molecule has 5 amide bonds. The van der Waals surface area contributed by atoms with Gasteiger partial charge in [0, 0.05) is 10.7 Å². The van der Waals surface area contributed by atoms with Crippen molar-refractivity contribution in [1.82, 2.24) is 5.32 Å². The lowest BCUT2D eigenvalue weighted by atomic mass is 10.1. The molecule has 0 aromatic heterocycles. The predicted molar refractivity (Wildman–Crippen MR) is 145 cm³/mol. The van der Waals surface area contributed by atoms with Crippen molar-refractivity contribution in [2.45, 2.75) is 13.8 Å². The highest BCUT2D eigenvalue weighted by atomic mass is 79.9. The minimum Gasteiger partial charge on any atom is -0.483 e. The van der Waals surface area contributed by atoms with Gasteiger partial charge >= 0.3 is 6.03 Å². The fourth-order valence-corrected chi connectivity index (χ4v) is 4.17. The third-order valence-electron chi connectivity index (χ3n) is 5.60. The highest BCUT2D eigenvalue weighted by molar-refractivity contribution is 9.10. The zero-order valence-corrected chi connectivity index (χ0v) is 22.1. The summed E-state index contributed by atoms with van der Waals surface area (Å²) in [5.74, 6) is -1.50. The number of nitrogens with zero attached hydrogens (tertiary/aromatic N) is 1. The average molecular weight is 583 g/mol. The van der Waals surface area contributed by atoms with E-state index < -0.39 is 17.8 Å². The highest BCUT2D eigenvalue weighted by Crippen LogP contribution is 2.28. The number of nitrogens with one attached hydrogen (secondary N) is 2. The molecule has 2 N–H and O–H groups in total. The molecule has 1 saturated heterocycles. The summed E-state index contributed by atoms with van der Waals surface area (Å²) in [6.45, 7) is 3.74. The van der Waals surface area contributed by atoms with Crippen molar-refractivity contribution >= 4 is 68.7 Å². The molecule has 188 valence electrons. The molecule has 37 heavy (non-hydrogen) atoms. The van der Waals surface area contributed by atoms with Crippen LogP contribution < -0.4 is 20.3 Å². The molecule has 0 atom stereocenters. The van der Waals surface area contributed by atoms with E-state index in [9.17, 15) is 19.2 Å². The molecule has 3 aromatic rings. The topological polar surface area (TPSA) is 105 Å². The molecule has 4 rings (SSSR count). The molecular formula is C27H21BrClN3O5. The van der Waals surface area contributed by atoms with Gasteiger partial charge in [-0.05, 0) is 101 Å². The maximum Gasteiger partial charge on any atom is 0.335 e. The van der Waals surface area contributed by atoms with Crippen molar-refractivity contribution in [2.75, 3.05) is 16.8 Å². The molecule has 1 fully saturated rings. The third kappa shape index (κ3) is 6.07. The molecule has 8 nitrogen and oxygen atoms in total. The molecule has 1 heterocycles. The van der Waals surface area contributed by atoms with Gasteiger partial charge in [-0.1, -0.05) is 23.7 Å². The number of ether oxygens (including phenoxy) is 1. The molecule has 0 spiro atoms. The molecule has 0 aliphatic carbocycles. The second kappa shape index (κ2) is 11.0. The van der Waals surface area contributed by atoms with Crippen LogP contribution in [-0.4, -0.2) is 30.4 Å². The maximum absolute atomic E-state index is 13.0. The van der Waals surface area contributed by atoms with Crippen LogP contribution in [0.2, 0.25) is 5.02 Å². The van der Waals surface area contributed by atoms with Gasteiger partial charge in [0.2, 0.25) is 0 Å². The van der Waals surface area contributed by atoms with Crippen LogP contribution in [0.25, 0.3) is 6.08 Å². The summed E-state index contributed by atoms with van der Waals surface area (Å²) in [6.07, 6.45) is 1.37. The Hall–Kier alpha value is -3.95. The number of anilines is 2. The predicted octanol–water partition coefficient (Wildman–Crippen LogP) is 5.40. The van der Waals surface area contributed by atoms with Crippen LogP contribution in [0.4, 0.5) is 16.2 Å². The van der Waals surface area contributed by atoms with Crippen molar-refractivity contribution in [2.24, 2.45) is 0 Å². The van der Waals surface area contributed by atoms with Crippen molar-refractivity contribution in [3.8, 4) is 5.75 Å². The number of imide groups is 2. The van der Waals surface area contributed by atoms with Gasteiger partial charge in [-0.15, -0.1) is 0 Å². The molecule has 1 aliphatic rings. The molecule has 10 heteroatoms. The summed E-state index contributed by atoms with van der Waals surface area (Å²) in [7, 11) is 0. The Morgan fingerprint density at radius 1 is 1.03 bits per heavy atom. The summed E-state index contributed by atoms with van der Waals surface area (Å²) < 4.78 is 6.13. The molecule has 0 unspecified atom stereocenters. The van der Waals surface area contributed by atoms with Gasteiger partial charge in [-0.25, -0.2) is 9.69 Å². The molecule has 0 radical (unpaired) electrons. The van der Waals surface area contributed by atoms with E-state index >= 15 is 0 Å². The second-order valence-electron chi connectivity index (χ2n) is 8.26. The number of carbonyl (C=O) groups excluding carboxylic acids is 4. The summed E-state index contributed by atoms with van der Waals surface area (Å²) in [6, 6.07) is 15.7. The van der Waals surface area contributed by atoms with E-state index in [4.69, 9.17) is 16.3 Å². The number of aryl methyl sites for hydroxylation is 2. The Morgan fingerprint density at radius 2 is 1.76 bits per heavy atom. The normalized spacial score (nSPS) is 14.5. The number of urea groups is 1. The van der Waals surface area contributed by atoms with E-state index in [1.165, 1.54) is 30.3 Å². The molecule has 0 saturated carbocycles. The first kappa shape index (κ1) is 26.1. The molecular weight excluding hydrogens is 562 g/mol. The number of halogens is 2. The van der Waals surface area contributed by atoms with Gasteiger partial charge in [-0.3, -0.25) is 19.7 Å². The van der Waals surface area contributed by atoms with Gasteiger partial charge in [0.15, 0.2) is 6.61 Å². The Balaban J connectivity index is 1.46. The van der Waals surface area contributed by atoms with E-state index in [0.29, 0.717) is 26.5 Å². The van der Waals surface area contributed by atoms with Gasteiger partial charge in [0.25, 0.3) is 17.7 Å². The summed E-state index contributed by atoms with van der Waals surface area (Å²) >= 11 is 9.28. The van der Waals surface area contributed by atoms with Crippen molar-refractivity contribution in [1.29, 1.82) is 0 Å². The number of benzene rings is 3. The van der Waals surface area contributed by atoms with E-state index in [2.05, 4.69) is 26.6 Å². The smallest absolute Gasteiger partial charge is 0.335 e. The minimum atomic E-state index is -0.849. The second-order valence-corrected chi connectivity index (χ2v) is 9.55. The van der Waals surface area contributed by atoms with Crippen molar-refractivity contribution in [3.63, 3.8) is 0 Å². The molecule has 0 bridgehead atoms. The zero-order valence-electron chi connectivity index (χ0n) is 19.8. The van der Waals surface area contributed by atoms with Crippen molar-refractivity contribution < 1.29 is 23.9 Å². The lowest BCUT2D eigenvalue weighted by Gasteiger charge is -2.26. The fourth-order valence-electron chi connectivity index (χ4n) is 3.53. The number of carbonyl (C=O) groups is 4. The molecule has 1 aliphatic heterocycles. The monoisotopic (exact) mass is 581 g/mol. The zero-order chi connectivity index (χ0) is 26.7. The van der Waals surface area contributed by atoms with Crippen LogP contribution in [0.3, 0.4) is 0 Å². The summed E-state index contributed by atoms with van der Waals surface area (Å²) in [4.78, 5) is 50.9. The van der Waals surface area contributed by atoms with Gasteiger partial charge in [0.1, 0.15) is 11.3 Å². The minimum absolute atomic E-state index is 0.217. The Labute approximate surface area is 226 Å². The Kier molecular flexibility index (Phi) is 7.75. The lowest BCUT2D eigenvalue weighted by Crippen LogP contribution is -2.54. The first-order valence-corrected chi connectivity index (χ1v) is 12.3. The first-order chi connectivity index (χ1) is 17.6. The quantitative estimate of drug-likeness (QED) is 0.299. The maximum atomic E-state index is 13.0. The van der Waals surface area contributed by atoms with Crippen molar-refractivity contribution in [3.05, 3.63) is 92.4 Å². The van der Waals surface area contributed by atoms with E-state index in [-0.39, 0.29) is 23.8 Å². The first-order valence-electron chi connectivity index (χ1n) is 11.1. The van der Waals surface area contributed by atoms with Crippen LogP contribution in [0.1, 0.15) is 16.7 Å². The third-order valence-corrected chi connectivity index (χ3v) is 6.47. The van der Waals surface area contributed by atoms with Gasteiger partial charge < -0.3 is 10.1 Å². The number of barbiturate groups is 1. The number of hydrogen-bond donors (Lipinski definition) is 2. The van der Waals surface area contributed by atoms with Crippen LogP contribution in [-0.2, 0) is 14.4 Å². The summed E-state index contributed by atoms with van der Waals surface area (Å²) in [5.41, 5.74) is 3.43.